The van der Waals surface area contributed by atoms with Gasteiger partial charge in [0.2, 0.25) is 0 Å². The molecule has 0 amide bonds. The van der Waals surface area contributed by atoms with E-state index in [2.05, 4.69) is 60.5 Å². The summed E-state index contributed by atoms with van der Waals surface area (Å²) in [5.41, 5.74) is 5.15. The summed E-state index contributed by atoms with van der Waals surface area (Å²) in [6.07, 6.45) is 2.27. The largest absolute Gasteiger partial charge is 0.326 e. The van der Waals surface area contributed by atoms with Crippen molar-refractivity contribution >= 4 is 11.5 Å². The minimum absolute atomic E-state index is 0.906. The zero-order valence-corrected chi connectivity index (χ0v) is 12.9. The zero-order chi connectivity index (χ0) is 14.7. The lowest BCUT2D eigenvalue weighted by atomic mass is 10.2. The van der Waals surface area contributed by atoms with Gasteiger partial charge >= 0.3 is 0 Å². The molecule has 2 aromatic rings. The molecular formula is C18H23N3. The first-order valence-corrected chi connectivity index (χ1v) is 7.82. The van der Waals surface area contributed by atoms with Gasteiger partial charge in [-0.1, -0.05) is 31.2 Å². The Bertz CT molecular complexity index is 622. The van der Waals surface area contributed by atoms with E-state index in [1.54, 1.807) is 0 Å². The van der Waals surface area contributed by atoms with E-state index >= 15 is 0 Å². The van der Waals surface area contributed by atoms with Crippen molar-refractivity contribution in [2.75, 3.05) is 18.0 Å². The molecule has 2 heterocycles. The molecule has 0 saturated heterocycles. The molecule has 0 aliphatic carbocycles. The number of benzene rings is 1. The molecule has 1 N–H and O–H groups in total. The van der Waals surface area contributed by atoms with Crippen LogP contribution in [0.2, 0.25) is 0 Å². The summed E-state index contributed by atoms with van der Waals surface area (Å²) in [6.45, 7) is 7.28. The average Bonchev–Trinajstić information content (AvgIpc) is 2.93. The van der Waals surface area contributed by atoms with Crippen molar-refractivity contribution in [2.45, 2.75) is 33.2 Å². The molecule has 0 radical (unpaired) electrons. The van der Waals surface area contributed by atoms with Crippen molar-refractivity contribution in [3.05, 3.63) is 53.2 Å². The van der Waals surface area contributed by atoms with Gasteiger partial charge in [0.1, 0.15) is 5.82 Å². The SMILES string of the molecule is CCCNCc1ccc(N2CCc3ccccc32)nc1C. The number of para-hydroxylation sites is 1. The summed E-state index contributed by atoms with van der Waals surface area (Å²) >= 11 is 0. The van der Waals surface area contributed by atoms with Crippen LogP contribution in [0.1, 0.15) is 30.2 Å². The maximum absolute atomic E-state index is 4.82. The summed E-state index contributed by atoms with van der Waals surface area (Å²) in [5, 5.41) is 3.44. The van der Waals surface area contributed by atoms with Crippen molar-refractivity contribution in [3.63, 3.8) is 0 Å². The quantitative estimate of drug-likeness (QED) is 0.849. The fourth-order valence-electron chi connectivity index (χ4n) is 2.89. The lowest BCUT2D eigenvalue weighted by molar-refractivity contribution is 0.671. The van der Waals surface area contributed by atoms with Crippen LogP contribution in [-0.4, -0.2) is 18.1 Å². The molecule has 0 unspecified atom stereocenters. The molecule has 1 aromatic heterocycles. The Labute approximate surface area is 127 Å². The third-order valence-electron chi connectivity index (χ3n) is 4.09. The fourth-order valence-corrected chi connectivity index (χ4v) is 2.89. The molecule has 3 rings (SSSR count). The van der Waals surface area contributed by atoms with Crippen LogP contribution in [0.3, 0.4) is 0 Å². The van der Waals surface area contributed by atoms with E-state index in [1.807, 2.05) is 0 Å². The van der Waals surface area contributed by atoms with Crippen LogP contribution in [0.15, 0.2) is 36.4 Å². The molecule has 0 bridgehead atoms. The van der Waals surface area contributed by atoms with Gasteiger partial charge < -0.3 is 10.2 Å². The van der Waals surface area contributed by atoms with Crippen LogP contribution in [0.4, 0.5) is 11.5 Å². The summed E-state index contributed by atoms with van der Waals surface area (Å²) in [4.78, 5) is 7.14. The minimum Gasteiger partial charge on any atom is -0.326 e. The molecule has 21 heavy (non-hydrogen) atoms. The number of hydrogen-bond acceptors (Lipinski definition) is 3. The van der Waals surface area contributed by atoms with Crippen LogP contribution in [0, 0.1) is 6.92 Å². The van der Waals surface area contributed by atoms with Crippen molar-refractivity contribution in [1.29, 1.82) is 0 Å². The van der Waals surface area contributed by atoms with E-state index in [4.69, 9.17) is 4.98 Å². The minimum atomic E-state index is 0.906. The highest BCUT2D eigenvalue weighted by molar-refractivity contribution is 5.67. The third-order valence-corrected chi connectivity index (χ3v) is 4.09. The Balaban J connectivity index is 1.80. The van der Waals surface area contributed by atoms with Crippen LogP contribution in [-0.2, 0) is 13.0 Å². The van der Waals surface area contributed by atoms with Gasteiger partial charge in [-0.3, -0.25) is 0 Å². The van der Waals surface area contributed by atoms with Crippen molar-refractivity contribution in [1.82, 2.24) is 10.3 Å². The molecule has 1 aromatic carbocycles. The molecule has 3 nitrogen and oxygen atoms in total. The number of aromatic nitrogens is 1. The highest BCUT2D eigenvalue weighted by Crippen LogP contribution is 2.33. The van der Waals surface area contributed by atoms with Crippen molar-refractivity contribution < 1.29 is 0 Å². The van der Waals surface area contributed by atoms with Crippen LogP contribution in [0.25, 0.3) is 0 Å². The second-order valence-corrected chi connectivity index (χ2v) is 5.62. The van der Waals surface area contributed by atoms with E-state index in [0.29, 0.717) is 0 Å². The Hall–Kier alpha value is -1.87. The van der Waals surface area contributed by atoms with Crippen molar-refractivity contribution in [3.8, 4) is 0 Å². The molecule has 0 atom stereocenters. The summed E-state index contributed by atoms with van der Waals surface area (Å²) < 4.78 is 0. The smallest absolute Gasteiger partial charge is 0.133 e. The Kier molecular flexibility index (Phi) is 4.20. The molecule has 0 spiro atoms. The first-order valence-electron chi connectivity index (χ1n) is 7.82. The number of pyridine rings is 1. The lowest BCUT2D eigenvalue weighted by Gasteiger charge is -2.19. The molecule has 0 saturated carbocycles. The number of nitrogens with one attached hydrogen (secondary N) is 1. The van der Waals surface area contributed by atoms with E-state index in [-0.39, 0.29) is 0 Å². The second-order valence-electron chi connectivity index (χ2n) is 5.62. The standard InChI is InChI=1S/C18H23N3/c1-3-11-19-13-16-8-9-18(20-14(16)2)21-12-10-15-6-4-5-7-17(15)21/h4-9,19H,3,10-13H2,1-2H3. The van der Waals surface area contributed by atoms with Gasteiger partial charge in [-0.05, 0) is 49.6 Å². The topological polar surface area (TPSA) is 28.2 Å². The zero-order valence-electron chi connectivity index (χ0n) is 12.9. The first-order chi connectivity index (χ1) is 10.3. The van der Waals surface area contributed by atoms with Gasteiger partial charge in [0.25, 0.3) is 0 Å². The second kappa shape index (κ2) is 6.27. The number of rotatable bonds is 5. The van der Waals surface area contributed by atoms with Gasteiger partial charge in [0, 0.05) is 24.5 Å². The Morgan fingerprint density at radius 1 is 1.19 bits per heavy atom. The molecule has 110 valence electrons. The van der Waals surface area contributed by atoms with Crippen LogP contribution < -0.4 is 10.2 Å². The molecular weight excluding hydrogens is 258 g/mol. The van der Waals surface area contributed by atoms with Gasteiger partial charge in [0.05, 0.1) is 0 Å². The van der Waals surface area contributed by atoms with Crippen LogP contribution >= 0.6 is 0 Å². The Morgan fingerprint density at radius 3 is 2.86 bits per heavy atom. The average molecular weight is 281 g/mol. The highest BCUT2D eigenvalue weighted by Gasteiger charge is 2.20. The summed E-state index contributed by atoms with van der Waals surface area (Å²) in [6, 6.07) is 13.0. The predicted octanol–water partition coefficient (Wildman–Crippen LogP) is 3.58. The normalized spacial score (nSPS) is 13.5. The van der Waals surface area contributed by atoms with Gasteiger partial charge in [-0.15, -0.1) is 0 Å². The van der Waals surface area contributed by atoms with E-state index in [9.17, 15) is 0 Å². The number of aryl methyl sites for hydroxylation is 1. The van der Waals surface area contributed by atoms with Crippen molar-refractivity contribution in [2.24, 2.45) is 0 Å². The number of anilines is 2. The predicted molar refractivity (Wildman–Crippen MR) is 88.1 cm³/mol. The first kappa shape index (κ1) is 14.1. The maximum atomic E-state index is 4.82. The van der Waals surface area contributed by atoms with E-state index in [1.165, 1.54) is 16.8 Å². The lowest BCUT2D eigenvalue weighted by Crippen LogP contribution is -2.18. The monoisotopic (exact) mass is 281 g/mol. The summed E-state index contributed by atoms with van der Waals surface area (Å²) in [5.74, 6) is 1.07. The number of hydrogen-bond donors (Lipinski definition) is 1. The van der Waals surface area contributed by atoms with E-state index < -0.39 is 0 Å². The van der Waals surface area contributed by atoms with Gasteiger partial charge in [-0.2, -0.15) is 0 Å². The third kappa shape index (κ3) is 2.93. The fraction of sp³-hybridized carbons (Fsp3) is 0.389. The maximum Gasteiger partial charge on any atom is 0.133 e. The number of nitrogens with zero attached hydrogens (tertiary/aromatic N) is 2. The molecule has 1 aliphatic rings. The molecule has 3 heteroatoms. The highest BCUT2D eigenvalue weighted by atomic mass is 15.2. The van der Waals surface area contributed by atoms with E-state index in [0.717, 1.165) is 44.0 Å². The Morgan fingerprint density at radius 2 is 2.05 bits per heavy atom. The number of fused-ring (bicyclic) bond motifs is 1. The molecule has 1 aliphatic heterocycles. The van der Waals surface area contributed by atoms with Crippen LogP contribution in [0.5, 0.6) is 0 Å². The van der Waals surface area contributed by atoms with Gasteiger partial charge in [0.15, 0.2) is 0 Å². The molecule has 0 fully saturated rings. The van der Waals surface area contributed by atoms with Gasteiger partial charge in [-0.25, -0.2) is 4.98 Å². The summed E-state index contributed by atoms with van der Waals surface area (Å²) in [7, 11) is 0.